The standard InChI is InChI=1S/C13H16N2O2S/c1-8-7-18-12-14-11(13(2,3)4)9(15(8)12)5-6-10(16)17/h5-7H,1-4H3,(H,16,17)/b6-5+. The van der Waals surface area contributed by atoms with Gasteiger partial charge in [-0.1, -0.05) is 20.8 Å². The molecule has 0 aromatic carbocycles. The third kappa shape index (κ3) is 2.18. The number of hydrogen-bond donors (Lipinski definition) is 1. The summed E-state index contributed by atoms with van der Waals surface area (Å²) < 4.78 is 2.00. The van der Waals surface area contributed by atoms with Crippen LogP contribution in [0, 0.1) is 6.92 Å². The number of fused-ring (bicyclic) bond motifs is 1. The summed E-state index contributed by atoms with van der Waals surface area (Å²) >= 11 is 1.57. The second kappa shape index (κ2) is 4.24. The van der Waals surface area contributed by atoms with Crippen LogP contribution in [0.3, 0.4) is 0 Å². The van der Waals surface area contributed by atoms with Gasteiger partial charge in [-0.15, -0.1) is 11.3 Å². The fourth-order valence-corrected chi connectivity index (χ4v) is 2.75. The van der Waals surface area contributed by atoms with Gasteiger partial charge in [0, 0.05) is 22.6 Å². The molecule has 2 heterocycles. The first-order valence-corrected chi connectivity index (χ1v) is 6.56. The van der Waals surface area contributed by atoms with E-state index in [2.05, 4.69) is 25.8 Å². The lowest BCUT2D eigenvalue weighted by molar-refractivity contribution is -0.131. The quantitative estimate of drug-likeness (QED) is 0.848. The fraction of sp³-hybridized carbons (Fsp3) is 0.385. The normalized spacial score (nSPS) is 12.7. The van der Waals surface area contributed by atoms with E-state index in [4.69, 9.17) is 5.11 Å². The molecule has 4 nitrogen and oxygen atoms in total. The van der Waals surface area contributed by atoms with Crippen molar-refractivity contribution in [1.82, 2.24) is 9.38 Å². The topological polar surface area (TPSA) is 54.6 Å². The Balaban J connectivity index is 2.71. The Morgan fingerprint density at radius 2 is 2.17 bits per heavy atom. The van der Waals surface area contributed by atoms with Gasteiger partial charge in [0.15, 0.2) is 4.96 Å². The van der Waals surface area contributed by atoms with Crippen molar-refractivity contribution >= 4 is 28.3 Å². The van der Waals surface area contributed by atoms with Crippen molar-refractivity contribution in [2.75, 3.05) is 0 Å². The van der Waals surface area contributed by atoms with E-state index >= 15 is 0 Å². The molecular formula is C13H16N2O2S. The molecule has 0 saturated carbocycles. The van der Waals surface area contributed by atoms with Crippen LogP contribution in [0.5, 0.6) is 0 Å². The van der Waals surface area contributed by atoms with Gasteiger partial charge >= 0.3 is 5.97 Å². The summed E-state index contributed by atoms with van der Waals surface area (Å²) in [5, 5.41) is 10.8. The maximum atomic E-state index is 10.7. The van der Waals surface area contributed by atoms with Crippen LogP contribution in [0.2, 0.25) is 0 Å². The molecule has 5 heteroatoms. The van der Waals surface area contributed by atoms with E-state index in [1.807, 2.05) is 16.7 Å². The Hall–Kier alpha value is -1.62. The van der Waals surface area contributed by atoms with E-state index in [1.54, 1.807) is 17.4 Å². The Morgan fingerprint density at radius 1 is 1.50 bits per heavy atom. The van der Waals surface area contributed by atoms with Crippen molar-refractivity contribution in [2.24, 2.45) is 0 Å². The average molecular weight is 264 g/mol. The smallest absolute Gasteiger partial charge is 0.328 e. The minimum absolute atomic E-state index is 0.115. The molecule has 0 spiro atoms. The summed E-state index contributed by atoms with van der Waals surface area (Å²) in [4.78, 5) is 16.2. The Morgan fingerprint density at radius 3 is 2.72 bits per heavy atom. The number of carbonyl (C=O) groups is 1. The number of hydrogen-bond acceptors (Lipinski definition) is 3. The average Bonchev–Trinajstić information content (AvgIpc) is 2.75. The molecule has 0 saturated heterocycles. The number of aryl methyl sites for hydroxylation is 1. The largest absolute Gasteiger partial charge is 0.478 e. The van der Waals surface area contributed by atoms with Gasteiger partial charge in [0.1, 0.15) is 0 Å². The first kappa shape index (κ1) is 12.8. The Labute approximate surface area is 110 Å². The summed E-state index contributed by atoms with van der Waals surface area (Å²) in [5.41, 5.74) is 2.74. The number of aliphatic carboxylic acids is 1. The summed E-state index contributed by atoms with van der Waals surface area (Å²) in [6.45, 7) is 8.22. The van der Waals surface area contributed by atoms with E-state index in [0.717, 1.165) is 28.1 Å². The van der Waals surface area contributed by atoms with Crippen LogP contribution >= 0.6 is 11.3 Å². The van der Waals surface area contributed by atoms with Crippen molar-refractivity contribution in [3.63, 3.8) is 0 Å². The molecule has 0 amide bonds. The van der Waals surface area contributed by atoms with Crippen molar-refractivity contribution in [3.8, 4) is 0 Å². The van der Waals surface area contributed by atoms with Crippen molar-refractivity contribution in [2.45, 2.75) is 33.1 Å². The number of carboxylic acid groups (broad SMARTS) is 1. The molecule has 0 fully saturated rings. The molecular weight excluding hydrogens is 248 g/mol. The first-order valence-electron chi connectivity index (χ1n) is 5.68. The predicted molar refractivity (Wildman–Crippen MR) is 73.2 cm³/mol. The highest BCUT2D eigenvalue weighted by molar-refractivity contribution is 7.15. The van der Waals surface area contributed by atoms with Crippen molar-refractivity contribution in [1.29, 1.82) is 0 Å². The number of thiazole rings is 1. The lowest BCUT2D eigenvalue weighted by Gasteiger charge is -2.16. The van der Waals surface area contributed by atoms with Gasteiger partial charge in [0.05, 0.1) is 11.4 Å². The lowest BCUT2D eigenvalue weighted by Crippen LogP contribution is -2.13. The highest BCUT2D eigenvalue weighted by atomic mass is 32.1. The van der Waals surface area contributed by atoms with E-state index in [-0.39, 0.29) is 5.41 Å². The van der Waals surface area contributed by atoms with Crippen LogP contribution in [-0.4, -0.2) is 20.5 Å². The van der Waals surface area contributed by atoms with Crippen LogP contribution in [0.15, 0.2) is 11.5 Å². The highest BCUT2D eigenvalue weighted by Gasteiger charge is 2.23. The molecule has 96 valence electrons. The van der Waals surface area contributed by atoms with Crippen molar-refractivity contribution < 1.29 is 9.90 Å². The van der Waals surface area contributed by atoms with Gasteiger partial charge < -0.3 is 5.11 Å². The van der Waals surface area contributed by atoms with Crippen LogP contribution < -0.4 is 0 Å². The number of aromatic nitrogens is 2. The van der Waals surface area contributed by atoms with E-state index in [0.29, 0.717) is 0 Å². The maximum absolute atomic E-state index is 10.7. The van der Waals surface area contributed by atoms with E-state index < -0.39 is 5.97 Å². The molecule has 1 N–H and O–H groups in total. The van der Waals surface area contributed by atoms with E-state index in [9.17, 15) is 4.79 Å². The monoisotopic (exact) mass is 264 g/mol. The Kier molecular flexibility index (Phi) is 3.02. The highest BCUT2D eigenvalue weighted by Crippen LogP contribution is 2.30. The van der Waals surface area contributed by atoms with Crippen LogP contribution in [-0.2, 0) is 10.2 Å². The number of imidazole rings is 1. The molecule has 0 aliphatic heterocycles. The van der Waals surface area contributed by atoms with Gasteiger partial charge in [0.25, 0.3) is 0 Å². The molecule has 0 aliphatic rings. The molecule has 0 unspecified atom stereocenters. The Bertz CT molecular complexity index is 629. The third-order valence-electron chi connectivity index (χ3n) is 2.66. The lowest BCUT2D eigenvalue weighted by atomic mass is 9.90. The molecule has 2 aromatic rings. The minimum atomic E-state index is -0.947. The van der Waals surface area contributed by atoms with Gasteiger partial charge in [-0.05, 0) is 13.0 Å². The second-order valence-electron chi connectivity index (χ2n) is 5.26. The molecule has 0 aliphatic carbocycles. The zero-order valence-electron chi connectivity index (χ0n) is 10.9. The molecule has 18 heavy (non-hydrogen) atoms. The molecule has 0 atom stereocenters. The van der Waals surface area contributed by atoms with Crippen LogP contribution in [0.1, 0.15) is 37.9 Å². The summed E-state index contributed by atoms with van der Waals surface area (Å²) in [6, 6.07) is 0. The first-order chi connectivity index (χ1) is 8.30. The molecule has 0 radical (unpaired) electrons. The summed E-state index contributed by atoms with van der Waals surface area (Å²) in [5.74, 6) is -0.947. The molecule has 2 rings (SSSR count). The van der Waals surface area contributed by atoms with Gasteiger partial charge in [-0.25, -0.2) is 9.78 Å². The zero-order valence-corrected chi connectivity index (χ0v) is 11.7. The number of carboxylic acids is 1. The summed E-state index contributed by atoms with van der Waals surface area (Å²) in [7, 11) is 0. The number of rotatable bonds is 2. The third-order valence-corrected chi connectivity index (χ3v) is 3.61. The van der Waals surface area contributed by atoms with Gasteiger partial charge in [-0.3, -0.25) is 4.40 Å². The second-order valence-corrected chi connectivity index (χ2v) is 6.10. The van der Waals surface area contributed by atoms with Crippen LogP contribution in [0.25, 0.3) is 11.0 Å². The van der Waals surface area contributed by atoms with E-state index in [1.165, 1.54) is 0 Å². The molecule has 2 aromatic heterocycles. The minimum Gasteiger partial charge on any atom is -0.478 e. The van der Waals surface area contributed by atoms with Gasteiger partial charge in [-0.2, -0.15) is 0 Å². The molecule has 0 bridgehead atoms. The van der Waals surface area contributed by atoms with Crippen LogP contribution in [0.4, 0.5) is 0 Å². The summed E-state index contributed by atoms with van der Waals surface area (Å²) in [6.07, 6.45) is 2.79. The van der Waals surface area contributed by atoms with Crippen molar-refractivity contribution in [3.05, 3.63) is 28.5 Å². The fourth-order valence-electron chi connectivity index (χ4n) is 1.88. The maximum Gasteiger partial charge on any atom is 0.328 e. The van der Waals surface area contributed by atoms with Gasteiger partial charge in [0.2, 0.25) is 0 Å². The predicted octanol–water partition coefficient (Wildman–Crippen LogP) is 3.10. The zero-order chi connectivity index (χ0) is 13.5. The SMILES string of the molecule is Cc1csc2nc(C(C)(C)C)c(/C=C/C(=O)O)n12. The number of nitrogens with zero attached hydrogens (tertiary/aromatic N) is 2.